The number of hydrogen-bond acceptors (Lipinski definition) is 5. The van der Waals surface area contributed by atoms with Crippen molar-refractivity contribution in [3.8, 4) is 0 Å². The van der Waals surface area contributed by atoms with E-state index >= 15 is 0 Å². The van der Waals surface area contributed by atoms with E-state index < -0.39 is 29.9 Å². The van der Waals surface area contributed by atoms with Crippen molar-refractivity contribution in [2.45, 2.75) is 32.4 Å². The van der Waals surface area contributed by atoms with Crippen molar-refractivity contribution in [2.75, 3.05) is 13.2 Å². The number of amides is 2. The summed E-state index contributed by atoms with van der Waals surface area (Å²) in [7, 11) is 0. The SMILES string of the molecule is CCOC(=O)[C@H](Cc1ccccc1)NC(=O)CNC(=O)[C@@H](C)N. The zero-order valence-corrected chi connectivity index (χ0v) is 13.4. The molecule has 0 aromatic heterocycles. The number of nitrogens with one attached hydrogen (secondary N) is 2. The number of ether oxygens (including phenoxy) is 1. The summed E-state index contributed by atoms with van der Waals surface area (Å²) in [6, 6.07) is 7.77. The van der Waals surface area contributed by atoms with E-state index in [1.54, 1.807) is 6.92 Å². The van der Waals surface area contributed by atoms with Crippen LogP contribution in [0.2, 0.25) is 0 Å². The van der Waals surface area contributed by atoms with Crippen molar-refractivity contribution < 1.29 is 19.1 Å². The van der Waals surface area contributed by atoms with E-state index in [1.165, 1.54) is 6.92 Å². The number of esters is 1. The lowest BCUT2D eigenvalue weighted by molar-refractivity contribution is -0.147. The highest BCUT2D eigenvalue weighted by Crippen LogP contribution is 2.04. The molecule has 23 heavy (non-hydrogen) atoms. The standard InChI is InChI=1S/C16H23N3O4/c1-3-23-16(22)13(9-12-7-5-4-6-8-12)19-14(20)10-18-15(21)11(2)17/h4-8,11,13H,3,9-10,17H2,1-2H3,(H,18,21)(H,19,20)/t11-,13+/m1/s1. The molecule has 0 unspecified atom stereocenters. The summed E-state index contributed by atoms with van der Waals surface area (Å²) in [5.74, 6) is -1.42. The fourth-order valence-corrected chi connectivity index (χ4v) is 1.86. The third-order valence-electron chi connectivity index (χ3n) is 3.03. The first-order valence-corrected chi connectivity index (χ1v) is 7.47. The molecule has 1 aromatic rings. The van der Waals surface area contributed by atoms with Crippen LogP contribution >= 0.6 is 0 Å². The number of hydrogen-bond donors (Lipinski definition) is 3. The molecule has 7 nitrogen and oxygen atoms in total. The third-order valence-corrected chi connectivity index (χ3v) is 3.03. The molecule has 0 aliphatic rings. The van der Waals surface area contributed by atoms with E-state index in [4.69, 9.17) is 10.5 Å². The first-order valence-electron chi connectivity index (χ1n) is 7.47. The second-order valence-electron chi connectivity index (χ2n) is 5.07. The summed E-state index contributed by atoms with van der Waals surface area (Å²) in [6.45, 7) is 3.19. The molecule has 0 saturated carbocycles. The van der Waals surface area contributed by atoms with Crippen LogP contribution in [0.3, 0.4) is 0 Å². The summed E-state index contributed by atoms with van der Waals surface area (Å²) in [5.41, 5.74) is 6.29. The maximum atomic E-state index is 12.0. The molecule has 0 aliphatic carbocycles. The minimum atomic E-state index is -0.808. The molecule has 4 N–H and O–H groups in total. The lowest BCUT2D eigenvalue weighted by atomic mass is 10.1. The van der Waals surface area contributed by atoms with E-state index in [0.717, 1.165) is 5.56 Å². The molecule has 1 aromatic carbocycles. The average Bonchev–Trinajstić information content (AvgIpc) is 2.53. The van der Waals surface area contributed by atoms with Gasteiger partial charge in [0.25, 0.3) is 0 Å². The third kappa shape index (κ3) is 6.92. The Labute approximate surface area is 135 Å². The minimum Gasteiger partial charge on any atom is -0.464 e. The molecule has 0 heterocycles. The van der Waals surface area contributed by atoms with Crippen LogP contribution < -0.4 is 16.4 Å². The van der Waals surface area contributed by atoms with Crippen molar-refractivity contribution in [2.24, 2.45) is 5.73 Å². The van der Waals surface area contributed by atoms with Crippen molar-refractivity contribution in [3.05, 3.63) is 35.9 Å². The molecule has 2 amide bonds. The molecule has 0 radical (unpaired) electrons. The van der Waals surface area contributed by atoms with Gasteiger partial charge in [-0.2, -0.15) is 0 Å². The van der Waals surface area contributed by atoms with Crippen molar-refractivity contribution in [1.29, 1.82) is 0 Å². The topological polar surface area (TPSA) is 111 Å². The summed E-state index contributed by atoms with van der Waals surface area (Å²) in [4.78, 5) is 35.2. The molecule has 0 spiro atoms. The summed E-state index contributed by atoms with van der Waals surface area (Å²) < 4.78 is 4.98. The Morgan fingerprint density at radius 3 is 2.43 bits per heavy atom. The van der Waals surface area contributed by atoms with Crippen molar-refractivity contribution in [3.63, 3.8) is 0 Å². The van der Waals surface area contributed by atoms with E-state index in [1.807, 2.05) is 30.3 Å². The monoisotopic (exact) mass is 321 g/mol. The first kappa shape index (κ1) is 18.6. The van der Waals surface area contributed by atoms with E-state index in [-0.39, 0.29) is 13.2 Å². The van der Waals surface area contributed by atoms with Gasteiger partial charge in [0.2, 0.25) is 11.8 Å². The van der Waals surface area contributed by atoms with Gasteiger partial charge in [-0.3, -0.25) is 9.59 Å². The minimum absolute atomic E-state index is 0.224. The van der Waals surface area contributed by atoms with Gasteiger partial charge in [-0.05, 0) is 19.4 Å². The molecule has 0 fully saturated rings. The van der Waals surface area contributed by atoms with E-state index in [9.17, 15) is 14.4 Å². The predicted molar refractivity (Wildman–Crippen MR) is 85.4 cm³/mol. The largest absolute Gasteiger partial charge is 0.464 e. The Morgan fingerprint density at radius 1 is 1.22 bits per heavy atom. The van der Waals surface area contributed by atoms with Gasteiger partial charge in [-0.15, -0.1) is 0 Å². The van der Waals surface area contributed by atoms with Gasteiger partial charge in [-0.1, -0.05) is 30.3 Å². The van der Waals surface area contributed by atoms with Gasteiger partial charge in [0.1, 0.15) is 6.04 Å². The maximum absolute atomic E-state index is 12.0. The number of carbonyl (C=O) groups is 3. The summed E-state index contributed by atoms with van der Waals surface area (Å²) >= 11 is 0. The van der Waals surface area contributed by atoms with Gasteiger partial charge in [0, 0.05) is 6.42 Å². The van der Waals surface area contributed by atoms with Crippen LogP contribution in [0.25, 0.3) is 0 Å². The molecular formula is C16H23N3O4. The number of rotatable bonds is 8. The molecule has 126 valence electrons. The average molecular weight is 321 g/mol. The molecule has 1 rings (SSSR count). The highest BCUT2D eigenvalue weighted by atomic mass is 16.5. The molecule has 0 bridgehead atoms. The lowest BCUT2D eigenvalue weighted by Gasteiger charge is -2.18. The Kier molecular flexibility index (Phi) is 7.76. The van der Waals surface area contributed by atoms with Crippen molar-refractivity contribution in [1.82, 2.24) is 10.6 Å². The Balaban J connectivity index is 2.63. The molecular weight excluding hydrogens is 298 g/mol. The van der Waals surface area contributed by atoms with Crippen LogP contribution in [0.4, 0.5) is 0 Å². The lowest BCUT2D eigenvalue weighted by Crippen LogP contribution is -2.49. The van der Waals surface area contributed by atoms with Gasteiger partial charge in [0.15, 0.2) is 0 Å². The zero-order chi connectivity index (χ0) is 17.2. The van der Waals surface area contributed by atoms with Crippen LogP contribution in [-0.4, -0.2) is 43.0 Å². The Bertz CT molecular complexity index is 531. The number of carbonyl (C=O) groups excluding carboxylic acids is 3. The normalized spacial score (nSPS) is 12.8. The first-order chi connectivity index (χ1) is 10.9. The van der Waals surface area contributed by atoms with Crippen LogP contribution in [-0.2, 0) is 25.5 Å². The Hall–Kier alpha value is -2.41. The van der Waals surface area contributed by atoms with E-state index in [0.29, 0.717) is 6.42 Å². The van der Waals surface area contributed by atoms with Gasteiger partial charge in [-0.25, -0.2) is 4.79 Å². The quantitative estimate of drug-likeness (QED) is 0.571. The Morgan fingerprint density at radius 2 is 1.87 bits per heavy atom. The summed E-state index contributed by atoms with van der Waals surface area (Å²) in [5, 5.41) is 4.97. The highest BCUT2D eigenvalue weighted by Gasteiger charge is 2.22. The van der Waals surface area contributed by atoms with Crippen LogP contribution in [0.15, 0.2) is 30.3 Å². The second kappa shape index (κ2) is 9.58. The fourth-order valence-electron chi connectivity index (χ4n) is 1.86. The zero-order valence-electron chi connectivity index (χ0n) is 13.4. The molecule has 0 aliphatic heterocycles. The van der Waals surface area contributed by atoms with Crippen molar-refractivity contribution >= 4 is 17.8 Å². The van der Waals surface area contributed by atoms with Crippen LogP contribution in [0, 0.1) is 0 Å². The smallest absolute Gasteiger partial charge is 0.328 e. The summed E-state index contributed by atoms with van der Waals surface area (Å²) in [6.07, 6.45) is 0.312. The van der Waals surface area contributed by atoms with Crippen LogP contribution in [0.1, 0.15) is 19.4 Å². The van der Waals surface area contributed by atoms with Gasteiger partial charge >= 0.3 is 5.97 Å². The van der Waals surface area contributed by atoms with Gasteiger partial charge < -0.3 is 21.1 Å². The maximum Gasteiger partial charge on any atom is 0.328 e. The number of nitrogens with two attached hydrogens (primary N) is 1. The molecule has 0 saturated heterocycles. The van der Waals surface area contributed by atoms with Gasteiger partial charge in [0.05, 0.1) is 19.2 Å². The second-order valence-corrected chi connectivity index (χ2v) is 5.07. The molecule has 2 atom stereocenters. The number of benzene rings is 1. The van der Waals surface area contributed by atoms with E-state index in [2.05, 4.69) is 10.6 Å². The highest BCUT2D eigenvalue weighted by molar-refractivity contribution is 5.89. The predicted octanol–water partition coefficient (Wildman–Crippen LogP) is -0.260. The molecule has 7 heteroatoms. The fraction of sp³-hybridized carbons (Fsp3) is 0.438. The van der Waals surface area contributed by atoms with Crippen LogP contribution in [0.5, 0.6) is 0 Å².